The number of hydrogen-bond donors (Lipinski definition) is 1. The van der Waals surface area contributed by atoms with Gasteiger partial charge in [-0.15, -0.1) is 0 Å². The molecule has 4 atom stereocenters. The molecule has 2 aromatic heterocycles. The number of imidazole rings is 1. The van der Waals surface area contributed by atoms with Crippen LogP contribution in [0.1, 0.15) is 27.0 Å². The molecule has 0 amide bonds. The van der Waals surface area contributed by atoms with Crippen molar-refractivity contribution < 1.29 is 33.3 Å². The monoisotopic (exact) mass is 427 g/mol. The van der Waals surface area contributed by atoms with Crippen LogP contribution in [0.3, 0.4) is 0 Å². The zero-order valence-corrected chi connectivity index (χ0v) is 16.5. The summed E-state index contributed by atoms with van der Waals surface area (Å²) in [6.07, 6.45) is -2.70. The second-order valence-corrected chi connectivity index (χ2v) is 6.57. The largest absolute Gasteiger partial charge is 0.463 e. The number of carbonyl (C=O) groups excluding carboxylic acids is 3. The number of esters is 3. The summed E-state index contributed by atoms with van der Waals surface area (Å²) in [5, 5.41) is 0.0290. The Hall–Kier alpha value is -2.99. The van der Waals surface area contributed by atoms with Gasteiger partial charge in [-0.25, -0.2) is 4.98 Å². The Morgan fingerprint density at radius 3 is 2.41 bits per heavy atom. The van der Waals surface area contributed by atoms with Crippen molar-refractivity contribution in [2.24, 2.45) is 0 Å². The number of rotatable bonds is 5. The molecule has 0 aromatic carbocycles. The normalized spacial score (nSPS) is 23.7. The predicted octanol–water partition coefficient (Wildman–Crippen LogP) is 0.386. The highest BCUT2D eigenvalue weighted by Gasteiger charge is 2.51. The van der Waals surface area contributed by atoms with Crippen molar-refractivity contribution in [3.63, 3.8) is 0 Å². The van der Waals surface area contributed by atoms with Gasteiger partial charge in [0.25, 0.3) is 0 Å². The third kappa shape index (κ3) is 4.38. The zero-order valence-electron chi connectivity index (χ0n) is 15.7. The quantitative estimate of drug-likeness (QED) is 0.399. The predicted molar refractivity (Wildman–Crippen MR) is 96.4 cm³/mol. The van der Waals surface area contributed by atoms with Crippen molar-refractivity contribution in [1.82, 2.24) is 19.5 Å². The highest BCUT2D eigenvalue weighted by molar-refractivity contribution is 6.33. The van der Waals surface area contributed by atoms with E-state index < -0.39 is 42.4 Å². The Balaban J connectivity index is 2.04. The summed E-state index contributed by atoms with van der Waals surface area (Å²) in [5.41, 5.74) is 6.14. The van der Waals surface area contributed by atoms with Gasteiger partial charge in [0.15, 0.2) is 29.2 Å². The SMILES string of the molecule is CC(=O)OCC1OC(n2cnc3c(Cl)nc(N)nc32)[C@H](OC(C)=O)C1OC(C)=O. The number of carbonyl (C=O) groups is 3. The van der Waals surface area contributed by atoms with Crippen LogP contribution in [0, 0.1) is 0 Å². The van der Waals surface area contributed by atoms with E-state index in [9.17, 15) is 14.4 Å². The first-order valence-corrected chi connectivity index (χ1v) is 8.84. The maximum atomic E-state index is 11.7. The molecule has 12 nitrogen and oxygen atoms in total. The molecule has 3 unspecified atom stereocenters. The maximum Gasteiger partial charge on any atom is 0.303 e. The molecule has 0 bridgehead atoms. The van der Waals surface area contributed by atoms with E-state index in [2.05, 4.69) is 15.0 Å². The Morgan fingerprint density at radius 1 is 1.14 bits per heavy atom. The Bertz CT molecular complexity index is 965. The van der Waals surface area contributed by atoms with E-state index in [0.717, 1.165) is 0 Å². The van der Waals surface area contributed by atoms with Gasteiger partial charge in [0.05, 0.1) is 6.33 Å². The lowest BCUT2D eigenvalue weighted by molar-refractivity contribution is -0.166. The van der Waals surface area contributed by atoms with Crippen molar-refractivity contribution in [2.45, 2.75) is 45.3 Å². The standard InChI is InChI=1S/C16H18ClN5O7/c1-6(23)26-4-9-11(27-7(2)24)12(28-8(3)25)15(29-9)22-5-19-10-13(17)20-16(18)21-14(10)22/h5,9,11-12,15H,4H2,1-3H3,(H2,18,20,21)/t9?,11?,12-,15?/m1/s1. The third-order valence-corrected chi connectivity index (χ3v) is 4.27. The Kier molecular flexibility index (Phi) is 5.84. The molecule has 3 heterocycles. The summed E-state index contributed by atoms with van der Waals surface area (Å²) in [7, 11) is 0. The Labute approximate surface area is 169 Å². The van der Waals surface area contributed by atoms with Crippen LogP contribution in [-0.2, 0) is 33.3 Å². The first-order valence-electron chi connectivity index (χ1n) is 8.46. The number of anilines is 1. The van der Waals surface area contributed by atoms with Crippen LogP contribution < -0.4 is 5.73 Å². The van der Waals surface area contributed by atoms with Gasteiger partial charge < -0.3 is 24.7 Å². The lowest BCUT2D eigenvalue weighted by Gasteiger charge is -2.23. The van der Waals surface area contributed by atoms with Gasteiger partial charge in [-0.1, -0.05) is 11.6 Å². The van der Waals surface area contributed by atoms with Crippen molar-refractivity contribution >= 4 is 46.6 Å². The molecule has 3 rings (SSSR count). The highest BCUT2D eigenvalue weighted by Crippen LogP contribution is 2.36. The van der Waals surface area contributed by atoms with Gasteiger partial charge in [-0.2, -0.15) is 9.97 Å². The summed E-state index contributed by atoms with van der Waals surface area (Å²) in [5.74, 6) is -1.91. The number of nitrogen functional groups attached to an aromatic ring is 1. The Morgan fingerprint density at radius 2 is 1.79 bits per heavy atom. The lowest BCUT2D eigenvalue weighted by Crippen LogP contribution is -2.40. The molecule has 1 fully saturated rings. The number of halogens is 1. The number of fused-ring (bicyclic) bond motifs is 1. The molecular formula is C16H18ClN5O7. The van der Waals surface area contributed by atoms with Gasteiger partial charge in [0.2, 0.25) is 5.95 Å². The molecule has 2 N–H and O–H groups in total. The summed E-state index contributed by atoms with van der Waals surface area (Å²) in [6, 6.07) is 0. The van der Waals surface area contributed by atoms with E-state index in [1.807, 2.05) is 0 Å². The summed E-state index contributed by atoms with van der Waals surface area (Å²) >= 11 is 6.05. The summed E-state index contributed by atoms with van der Waals surface area (Å²) in [6.45, 7) is 3.39. The number of nitrogens with two attached hydrogens (primary N) is 1. The van der Waals surface area contributed by atoms with Crippen molar-refractivity contribution in [3.05, 3.63) is 11.5 Å². The third-order valence-electron chi connectivity index (χ3n) is 4.01. The second-order valence-electron chi connectivity index (χ2n) is 6.21. The molecule has 0 saturated carbocycles. The van der Waals surface area contributed by atoms with Crippen LogP contribution in [0.25, 0.3) is 11.2 Å². The fraction of sp³-hybridized carbons (Fsp3) is 0.500. The molecule has 29 heavy (non-hydrogen) atoms. The average molecular weight is 428 g/mol. The smallest absolute Gasteiger partial charge is 0.303 e. The van der Waals surface area contributed by atoms with Gasteiger partial charge in [-0.3, -0.25) is 19.0 Å². The lowest BCUT2D eigenvalue weighted by atomic mass is 10.1. The van der Waals surface area contributed by atoms with Gasteiger partial charge >= 0.3 is 17.9 Å². The zero-order chi connectivity index (χ0) is 21.3. The molecule has 0 radical (unpaired) electrons. The van der Waals surface area contributed by atoms with E-state index in [0.29, 0.717) is 0 Å². The molecule has 13 heteroatoms. The van der Waals surface area contributed by atoms with Gasteiger partial charge in [-0.05, 0) is 0 Å². The molecule has 0 aliphatic carbocycles. The molecule has 2 aromatic rings. The summed E-state index contributed by atoms with van der Waals surface area (Å²) in [4.78, 5) is 46.6. The van der Waals surface area contributed by atoms with Crippen LogP contribution in [0.15, 0.2) is 6.33 Å². The molecule has 1 saturated heterocycles. The number of hydrogen-bond acceptors (Lipinski definition) is 11. The molecule has 1 aliphatic rings. The number of aromatic nitrogens is 4. The number of ether oxygens (including phenoxy) is 4. The van der Waals surface area contributed by atoms with Crippen LogP contribution in [0.2, 0.25) is 5.15 Å². The summed E-state index contributed by atoms with van der Waals surface area (Å²) < 4.78 is 23.0. The molecular weight excluding hydrogens is 410 g/mol. The van der Waals surface area contributed by atoms with Crippen LogP contribution >= 0.6 is 11.6 Å². The van der Waals surface area contributed by atoms with E-state index >= 15 is 0 Å². The van der Waals surface area contributed by atoms with Crippen molar-refractivity contribution in [1.29, 1.82) is 0 Å². The number of nitrogens with zero attached hydrogens (tertiary/aromatic N) is 4. The van der Waals surface area contributed by atoms with Crippen LogP contribution in [0.5, 0.6) is 0 Å². The minimum absolute atomic E-state index is 0.0290. The van der Waals surface area contributed by atoms with E-state index in [-0.39, 0.29) is 28.9 Å². The fourth-order valence-electron chi connectivity index (χ4n) is 3.00. The minimum Gasteiger partial charge on any atom is -0.463 e. The van der Waals surface area contributed by atoms with E-state index in [1.165, 1.54) is 31.7 Å². The highest BCUT2D eigenvalue weighted by atomic mass is 35.5. The maximum absolute atomic E-state index is 11.7. The van der Waals surface area contributed by atoms with E-state index in [4.69, 9.17) is 36.3 Å². The topological polar surface area (TPSA) is 158 Å². The molecule has 156 valence electrons. The minimum atomic E-state index is -1.08. The molecule has 0 spiro atoms. The van der Waals surface area contributed by atoms with Gasteiger partial charge in [0.1, 0.15) is 18.2 Å². The van der Waals surface area contributed by atoms with Crippen LogP contribution in [0.4, 0.5) is 5.95 Å². The second kappa shape index (κ2) is 8.17. The van der Waals surface area contributed by atoms with Crippen molar-refractivity contribution in [3.8, 4) is 0 Å². The van der Waals surface area contributed by atoms with Gasteiger partial charge in [0, 0.05) is 20.8 Å². The van der Waals surface area contributed by atoms with Crippen LogP contribution in [-0.4, -0.2) is 62.3 Å². The first kappa shape index (κ1) is 20.7. The average Bonchev–Trinajstić information content (AvgIpc) is 3.15. The fourth-order valence-corrected chi connectivity index (χ4v) is 3.22. The first-order chi connectivity index (χ1) is 13.7. The van der Waals surface area contributed by atoms with Crippen molar-refractivity contribution in [2.75, 3.05) is 12.3 Å². The molecule has 1 aliphatic heterocycles. The van der Waals surface area contributed by atoms with E-state index in [1.54, 1.807) is 0 Å².